The fourth-order valence-corrected chi connectivity index (χ4v) is 3.04. The van der Waals surface area contributed by atoms with Crippen LogP contribution < -0.4 is 9.64 Å². The first-order chi connectivity index (χ1) is 9.85. The van der Waals surface area contributed by atoms with Gasteiger partial charge in [-0.2, -0.15) is 0 Å². The highest BCUT2D eigenvalue weighted by Crippen LogP contribution is 2.33. The quantitative estimate of drug-likeness (QED) is 0.933. The second kappa shape index (κ2) is 5.67. The van der Waals surface area contributed by atoms with Gasteiger partial charge in [0.05, 0.1) is 19.8 Å². The van der Waals surface area contributed by atoms with E-state index in [1.165, 1.54) is 6.42 Å². The van der Waals surface area contributed by atoms with Crippen molar-refractivity contribution in [1.82, 2.24) is 4.98 Å². The van der Waals surface area contributed by atoms with Crippen molar-refractivity contribution in [3.63, 3.8) is 0 Å². The molecule has 4 nitrogen and oxygen atoms in total. The summed E-state index contributed by atoms with van der Waals surface area (Å²) in [6.07, 6.45) is 5.18. The Hall–Kier alpha value is -1.81. The summed E-state index contributed by atoms with van der Waals surface area (Å²) in [6, 6.07) is 8.18. The average Bonchev–Trinajstić information content (AvgIpc) is 2.53. The standard InChI is InChI=1S/C16H20N2O2/c1-20-15-7-4-6-14-13(15)8-9-17-16(14)18-10-3-2-5-12(18)11-19/h4,6-9,12,19H,2-3,5,10-11H2,1H3. The highest BCUT2D eigenvalue weighted by Gasteiger charge is 2.24. The average molecular weight is 272 g/mol. The number of aromatic nitrogens is 1. The van der Waals surface area contributed by atoms with E-state index in [0.29, 0.717) is 0 Å². The van der Waals surface area contributed by atoms with Gasteiger partial charge < -0.3 is 14.7 Å². The molecule has 2 heterocycles. The van der Waals surface area contributed by atoms with E-state index in [2.05, 4.69) is 16.0 Å². The van der Waals surface area contributed by atoms with Crippen LogP contribution in [0.5, 0.6) is 5.75 Å². The van der Waals surface area contributed by atoms with Crippen LogP contribution >= 0.6 is 0 Å². The molecule has 1 fully saturated rings. The van der Waals surface area contributed by atoms with E-state index in [1.807, 2.05) is 24.4 Å². The zero-order chi connectivity index (χ0) is 13.9. The lowest BCUT2D eigenvalue weighted by Crippen LogP contribution is -2.42. The summed E-state index contributed by atoms with van der Waals surface area (Å²) in [5.74, 6) is 1.82. The van der Waals surface area contributed by atoms with Gasteiger partial charge >= 0.3 is 0 Å². The molecule has 1 atom stereocenters. The normalized spacial score (nSPS) is 19.3. The molecular weight excluding hydrogens is 252 g/mol. The van der Waals surface area contributed by atoms with Crippen LogP contribution in [0.2, 0.25) is 0 Å². The molecule has 20 heavy (non-hydrogen) atoms. The summed E-state index contributed by atoms with van der Waals surface area (Å²) in [4.78, 5) is 6.80. The smallest absolute Gasteiger partial charge is 0.136 e. The second-order valence-electron chi connectivity index (χ2n) is 5.22. The van der Waals surface area contributed by atoms with Crippen LogP contribution in [-0.2, 0) is 0 Å². The Morgan fingerprint density at radius 2 is 2.20 bits per heavy atom. The van der Waals surface area contributed by atoms with Crippen LogP contribution in [-0.4, -0.2) is 36.4 Å². The minimum atomic E-state index is 0.174. The molecule has 1 saturated heterocycles. The molecule has 0 bridgehead atoms. The molecule has 1 aromatic carbocycles. The van der Waals surface area contributed by atoms with E-state index in [4.69, 9.17) is 4.74 Å². The Morgan fingerprint density at radius 3 is 3.00 bits per heavy atom. The number of anilines is 1. The highest BCUT2D eigenvalue weighted by molar-refractivity contribution is 5.96. The monoisotopic (exact) mass is 272 g/mol. The lowest BCUT2D eigenvalue weighted by molar-refractivity contribution is 0.239. The lowest BCUT2D eigenvalue weighted by Gasteiger charge is -2.36. The van der Waals surface area contributed by atoms with Crippen LogP contribution in [0.25, 0.3) is 10.8 Å². The Morgan fingerprint density at radius 1 is 1.30 bits per heavy atom. The number of piperidine rings is 1. The highest BCUT2D eigenvalue weighted by atomic mass is 16.5. The number of fused-ring (bicyclic) bond motifs is 1. The topological polar surface area (TPSA) is 45.6 Å². The molecule has 1 aliphatic rings. The van der Waals surface area contributed by atoms with E-state index in [-0.39, 0.29) is 12.6 Å². The number of hydrogen-bond acceptors (Lipinski definition) is 4. The van der Waals surface area contributed by atoms with Gasteiger partial charge in [0.15, 0.2) is 0 Å². The first kappa shape index (κ1) is 13.2. The Kier molecular flexibility index (Phi) is 3.74. The van der Waals surface area contributed by atoms with Crippen molar-refractivity contribution >= 4 is 16.6 Å². The molecule has 106 valence electrons. The molecule has 2 aromatic rings. The van der Waals surface area contributed by atoms with Crippen LogP contribution in [0.1, 0.15) is 19.3 Å². The molecule has 0 amide bonds. The molecule has 0 radical (unpaired) electrons. The van der Waals surface area contributed by atoms with Crippen LogP contribution in [0.3, 0.4) is 0 Å². The summed E-state index contributed by atoms with van der Waals surface area (Å²) in [6.45, 7) is 1.14. The first-order valence-electron chi connectivity index (χ1n) is 7.14. The van der Waals surface area contributed by atoms with Crippen molar-refractivity contribution in [2.75, 3.05) is 25.2 Å². The predicted molar refractivity (Wildman–Crippen MR) is 80.4 cm³/mol. The van der Waals surface area contributed by atoms with Crippen LogP contribution in [0.4, 0.5) is 5.82 Å². The fraction of sp³-hybridized carbons (Fsp3) is 0.438. The number of hydrogen-bond donors (Lipinski definition) is 1. The fourth-order valence-electron chi connectivity index (χ4n) is 3.04. The second-order valence-corrected chi connectivity index (χ2v) is 5.22. The summed E-state index contributed by atoms with van der Waals surface area (Å²) < 4.78 is 5.43. The van der Waals surface area contributed by atoms with Crippen LogP contribution in [0.15, 0.2) is 30.5 Å². The van der Waals surface area contributed by atoms with E-state index < -0.39 is 0 Å². The van der Waals surface area contributed by atoms with Crippen molar-refractivity contribution in [3.05, 3.63) is 30.5 Å². The van der Waals surface area contributed by atoms with Crippen molar-refractivity contribution in [1.29, 1.82) is 0 Å². The largest absolute Gasteiger partial charge is 0.496 e. The molecule has 3 rings (SSSR count). The minimum absolute atomic E-state index is 0.174. The van der Waals surface area contributed by atoms with Gasteiger partial charge in [0.1, 0.15) is 11.6 Å². The number of pyridine rings is 1. The SMILES string of the molecule is COc1cccc2c(N3CCCCC3CO)nccc12. The van der Waals surface area contributed by atoms with Gasteiger partial charge in [-0.1, -0.05) is 12.1 Å². The van der Waals surface area contributed by atoms with Crippen LogP contribution in [0, 0.1) is 0 Å². The van der Waals surface area contributed by atoms with Crippen molar-refractivity contribution < 1.29 is 9.84 Å². The Bertz CT molecular complexity index is 600. The van der Waals surface area contributed by atoms with Crippen molar-refractivity contribution in [3.8, 4) is 5.75 Å². The summed E-state index contributed by atoms with van der Waals surface area (Å²) >= 11 is 0. The predicted octanol–water partition coefficient (Wildman–Crippen LogP) is 2.59. The first-order valence-corrected chi connectivity index (χ1v) is 7.14. The number of ether oxygens (including phenoxy) is 1. The van der Waals surface area contributed by atoms with E-state index in [1.54, 1.807) is 7.11 Å². The number of nitrogens with zero attached hydrogens (tertiary/aromatic N) is 2. The number of aliphatic hydroxyl groups is 1. The maximum Gasteiger partial charge on any atom is 0.136 e. The third-order valence-corrected chi connectivity index (χ3v) is 4.07. The zero-order valence-electron chi connectivity index (χ0n) is 11.7. The number of rotatable bonds is 3. The maximum absolute atomic E-state index is 9.60. The third kappa shape index (κ3) is 2.20. The number of aliphatic hydroxyl groups excluding tert-OH is 1. The molecule has 0 aliphatic carbocycles. The van der Waals surface area contributed by atoms with Gasteiger partial charge in [-0.25, -0.2) is 4.98 Å². The Labute approximate surface area is 119 Å². The van der Waals surface area contributed by atoms with Gasteiger partial charge in [-0.15, -0.1) is 0 Å². The molecular formula is C16H20N2O2. The van der Waals surface area contributed by atoms with Gasteiger partial charge in [0.25, 0.3) is 0 Å². The van der Waals surface area contributed by atoms with Gasteiger partial charge in [0, 0.05) is 23.5 Å². The number of benzene rings is 1. The van der Waals surface area contributed by atoms with Crippen molar-refractivity contribution in [2.45, 2.75) is 25.3 Å². The molecule has 1 aromatic heterocycles. The molecule has 0 saturated carbocycles. The van der Waals surface area contributed by atoms with E-state index >= 15 is 0 Å². The maximum atomic E-state index is 9.60. The number of methoxy groups -OCH3 is 1. The summed E-state index contributed by atoms with van der Waals surface area (Å²) in [5, 5.41) is 11.8. The Balaban J connectivity index is 2.11. The molecule has 4 heteroatoms. The van der Waals surface area contributed by atoms with Gasteiger partial charge in [0.2, 0.25) is 0 Å². The third-order valence-electron chi connectivity index (χ3n) is 4.07. The van der Waals surface area contributed by atoms with E-state index in [9.17, 15) is 5.11 Å². The van der Waals surface area contributed by atoms with Gasteiger partial charge in [-0.05, 0) is 31.4 Å². The van der Waals surface area contributed by atoms with Crippen molar-refractivity contribution in [2.24, 2.45) is 0 Å². The minimum Gasteiger partial charge on any atom is -0.496 e. The molecule has 1 N–H and O–H groups in total. The molecule has 1 aliphatic heterocycles. The summed E-state index contributed by atoms with van der Waals surface area (Å²) in [7, 11) is 1.69. The molecule has 0 spiro atoms. The molecule has 1 unspecified atom stereocenters. The van der Waals surface area contributed by atoms with E-state index in [0.717, 1.165) is 41.7 Å². The van der Waals surface area contributed by atoms with Gasteiger partial charge in [-0.3, -0.25) is 0 Å². The summed E-state index contributed by atoms with van der Waals surface area (Å²) in [5.41, 5.74) is 0. The zero-order valence-corrected chi connectivity index (χ0v) is 11.7. The lowest BCUT2D eigenvalue weighted by atomic mass is 10.0.